The number of carbonyl (C=O) groups excluding carboxylic acids is 3. The molecule has 0 saturated heterocycles. The van der Waals surface area contributed by atoms with E-state index in [1.54, 1.807) is 37.4 Å². The second-order valence-electron chi connectivity index (χ2n) is 5.15. The van der Waals surface area contributed by atoms with Gasteiger partial charge in [0.05, 0.1) is 0 Å². The molecule has 5 nitrogen and oxygen atoms in total. The standard InChI is InChI=1S/C18H14N2O3/c1-19-18(23)12-3-4-15(14(7-12)10-22)17-8-13-6-11(9-21)2-5-16(13)20-17/h2-10,20H,1H3,(H,19,23). The van der Waals surface area contributed by atoms with Crippen molar-refractivity contribution in [3.8, 4) is 11.3 Å². The molecule has 0 unspecified atom stereocenters. The second-order valence-corrected chi connectivity index (χ2v) is 5.15. The van der Waals surface area contributed by atoms with Crippen LogP contribution in [-0.2, 0) is 0 Å². The van der Waals surface area contributed by atoms with Crippen molar-refractivity contribution >= 4 is 29.4 Å². The highest BCUT2D eigenvalue weighted by Gasteiger charge is 2.12. The summed E-state index contributed by atoms with van der Waals surface area (Å²) in [5, 5.41) is 3.42. The smallest absolute Gasteiger partial charge is 0.251 e. The number of H-pyrrole nitrogens is 1. The van der Waals surface area contributed by atoms with Crippen molar-refractivity contribution in [2.24, 2.45) is 0 Å². The molecule has 0 aliphatic heterocycles. The average molecular weight is 306 g/mol. The van der Waals surface area contributed by atoms with Crippen LogP contribution in [0.15, 0.2) is 42.5 Å². The van der Waals surface area contributed by atoms with Crippen molar-refractivity contribution in [1.82, 2.24) is 10.3 Å². The molecule has 1 amide bonds. The Kier molecular flexibility index (Phi) is 3.76. The number of hydrogen-bond donors (Lipinski definition) is 2. The van der Waals surface area contributed by atoms with E-state index >= 15 is 0 Å². The molecule has 0 fully saturated rings. The Morgan fingerprint density at radius 1 is 1.04 bits per heavy atom. The van der Waals surface area contributed by atoms with Crippen LogP contribution in [0.2, 0.25) is 0 Å². The van der Waals surface area contributed by atoms with Gasteiger partial charge in [-0.2, -0.15) is 0 Å². The van der Waals surface area contributed by atoms with Crippen LogP contribution in [0.25, 0.3) is 22.2 Å². The van der Waals surface area contributed by atoms with Crippen LogP contribution in [0.5, 0.6) is 0 Å². The fourth-order valence-electron chi connectivity index (χ4n) is 2.56. The highest BCUT2D eigenvalue weighted by atomic mass is 16.1. The SMILES string of the molecule is CNC(=O)c1ccc(-c2cc3cc(C=O)ccc3[nH]2)c(C=O)c1. The Hall–Kier alpha value is -3.21. The summed E-state index contributed by atoms with van der Waals surface area (Å²) in [7, 11) is 1.54. The first kappa shape index (κ1) is 14.7. The molecule has 0 spiro atoms. The topological polar surface area (TPSA) is 79.0 Å². The van der Waals surface area contributed by atoms with Crippen LogP contribution in [0.4, 0.5) is 0 Å². The first-order valence-electron chi connectivity index (χ1n) is 7.06. The zero-order chi connectivity index (χ0) is 16.4. The zero-order valence-corrected chi connectivity index (χ0v) is 12.4. The van der Waals surface area contributed by atoms with Gasteiger partial charge >= 0.3 is 0 Å². The highest BCUT2D eigenvalue weighted by molar-refractivity contribution is 5.99. The quantitative estimate of drug-likeness (QED) is 0.727. The number of fused-ring (bicyclic) bond motifs is 1. The number of benzene rings is 2. The minimum absolute atomic E-state index is 0.244. The molecule has 0 radical (unpaired) electrons. The van der Waals surface area contributed by atoms with Gasteiger partial charge in [-0.05, 0) is 36.4 Å². The first-order valence-corrected chi connectivity index (χ1v) is 7.06. The van der Waals surface area contributed by atoms with Crippen LogP contribution in [0.3, 0.4) is 0 Å². The number of nitrogens with one attached hydrogen (secondary N) is 2. The van der Waals surface area contributed by atoms with Crippen molar-refractivity contribution in [3.63, 3.8) is 0 Å². The summed E-state index contributed by atoms with van der Waals surface area (Å²) in [6.45, 7) is 0. The van der Waals surface area contributed by atoms with Crippen LogP contribution >= 0.6 is 0 Å². The summed E-state index contributed by atoms with van der Waals surface area (Å²) in [6.07, 6.45) is 1.52. The summed E-state index contributed by atoms with van der Waals surface area (Å²) in [4.78, 5) is 37.1. The second kappa shape index (κ2) is 5.88. The third-order valence-electron chi connectivity index (χ3n) is 3.74. The molecule has 5 heteroatoms. The van der Waals surface area contributed by atoms with Crippen molar-refractivity contribution in [2.75, 3.05) is 7.05 Å². The van der Waals surface area contributed by atoms with Crippen LogP contribution in [0, 0.1) is 0 Å². The van der Waals surface area contributed by atoms with E-state index in [1.165, 1.54) is 0 Å². The molecule has 0 bridgehead atoms. The predicted molar refractivity (Wildman–Crippen MR) is 87.9 cm³/mol. The van der Waals surface area contributed by atoms with E-state index in [0.717, 1.165) is 29.2 Å². The van der Waals surface area contributed by atoms with Crippen molar-refractivity contribution < 1.29 is 14.4 Å². The van der Waals surface area contributed by atoms with Gasteiger partial charge in [-0.1, -0.05) is 6.07 Å². The zero-order valence-electron chi connectivity index (χ0n) is 12.4. The molecule has 114 valence electrons. The van der Waals surface area contributed by atoms with E-state index in [-0.39, 0.29) is 5.91 Å². The van der Waals surface area contributed by atoms with Crippen molar-refractivity contribution in [1.29, 1.82) is 0 Å². The van der Waals surface area contributed by atoms with Crippen molar-refractivity contribution in [3.05, 3.63) is 59.2 Å². The summed E-state index contributed by atoms with van der Waals surface area (Å²) < 4.78 is 0. The largest absolute Gasteiger partial charge is 0.355 e. The number of aldehydes is 2. The summed E-state index contributed by atoms with van der Waals surface area (Å²) >= 11 is 0. The van der Waals surface area contributed by atoms with Gasteiger partial charge in [-0.25, -0.2) is 0 Å². The number of hydrogen-bond acceptors (Lipinski definition) is 3. The Morgan fingerprint density at radius 2 is 1.87 bits per heavy atom. The first-order chi connectivity index (χ1) is 11.2. The van der Waals surface area contributed by atoms with Gasteiger partial charge in [0.2, 0.25) is 0 Å². The maximum absolute atomic E-state index is 11.7. The van der Waals surface area contributed by atoms with E-state index in [2.05, 4.69) is 10.3 Å². The van der Waals surface area contributed by atoms with Gasteiger partial charge in [0.25, 0.3) is 5.91 Å². The maximum Gasteiger partial charge on any atom is 0.251 e. The van der Waals surface area contributed by atoms with Crippen LogP contribution in [-0.4, -0.2) is 30.5 Å². The van der Waals surface area contributed by atoms with Gasteiger partial charge in [0.15, 0.2) is 6.29 Å². The number of carbonyl (C=O) groups is 3. The van der Waals surface area contributed by atoms with E-state index in [9.17, 15) is 14.4 Å². The molecular weight excluding hydrogens is 292 g/mol. The van der Waals surface area contributed by atoms with E-state index in [4.69, 9.17) is 0 Å². The molecule has 23 heavy (non-hydrogen) atoms. The molecule has 0 aliphatic carbocycles. The molecule has 3 rings (SSSR count). The van der Waals surface area contributed by atoms with Gasteiger partial charge < -0.3 is 10.3 Å². The predicted octanol–water partition coefficient (Wildman–Crippen LogP) is 2.82. The Labute approximate surface area is 132 Å². The Bertz CT molecular complexity index is 925. The van der Waals surface area contributed by atoms with Crippen LogP contribution < -0.4 is 5.32 Å². The molecule has 3 aromatic rings. The fraction of sp³-hybridized carbons (Fsp3) is 0.0556. The fourth-order valence-corrected chi connectivity index (χ4v) is 2.56. The summed E-state index contributed by atoms with van der Waals surface area (Å²) in [5.41, 5.74) is 3.78. The van der Waals surface area contributed by atoms with Gasteiger partial charge in [0, 0.05) is 45.9 Å². The molecule has 1 aromatic heterocycles. The molecule has 0 atom stereocenters. The van der Waals surface area contributed by atoms with E-state index in [1.807, 2.05) is 12.1 Å². The lowest BCUT2D eigenvalue weighted by Crippen LogP contribution is -2.17. The molecular formula is C18H14N2O3. The lowest BCUT2D eigenvalue weighted by molar-refractivity contribution is 0.0962. The minimum atomic E-state index is -0.244. The normalized spacial score (nSPS) is 10.5. The number of rotatable bonds is 4. The molecule has 0 saturated carbocycles. The van der Waals surface area contributed by atoms with Gasteiger partial charge in [0.1, 0.15) is 6.29 Å². The molecule has 2 N–H and O–H groups in total. The number of aromatic nitrogens is 1. The van der Waals surface area contributed by atoms with Gasteiger partial charge in [-0.15, -0.1) is 0 Å². The van der Waals surface area contributed by atoms with E-state index < -0.39 is 0 Å². The Morgan fingerprint density at radius 3 is 2.57 bits per heavy atom. The maximum atomic E-state index is 11.7. The lowest BCUT2D eigenvalue weighted by Gasteiger charge is -2.05. The van der Waals surface area contributed by atoms with Crippen molar-refractivity contribution in [2.45, 2.75) is 0 Å². The monoisotopic (exact) mass is 306 g/mol. The lowest BCUT2D eigenvalue weighted by atomic mass is 10.0. The minimum Gasteiger partial charge on any atom is -0.355 e. The average Bonchev–Trinajstić information content (AvgIpc) is 3.03. The summed E-state index contributed by atoms with van der Waals surface area (Å²) in [6, 6.07) is 12.2. The number of aromatic amines is 1. The highest BCUT2D eigenvalue weighted by Crippen LogP contribution is 2.27. The van der Waals surface area contributed by atoms with E-state index in [0.29, 0.717) is 22.3 Å². The molecule has 2 aromatic carbocycles. The molecule has 0 aliphatic rings. The third-order valence-corrected chi connectivity index (χ3v) is 3.74. The summed E-state index contributed by atoms with van der Waals surface area (Å²) in [5.74, 6) is -0.244. The Balaban J connectivity index is 2.12. The third kappa shape index (κ3) is 2.64. The molecule has 1 heterocycles. The van der Waals surface area contributed by atoms with Crippen LogP contribution in [0.1, 0.15) is 31.1 Å². The number of amides is 1. The van der Waals surface area contributed by atoms with Gasteiger partial charge in [-0.3, -0.25) is 14.4 Å².